The molecule has 4 amide bonds. The summed E-state index contributed by atoms with van der Waals surface area (Å²) >= 11 is 19.0. The lowest BCUT2D eigenvalue weighted by Gasteiger charge is -2.21. The highest BCUT2D eigenvalue weighted by Crippen LogP contribution is 2.28. The van der Waals surface area contributed by atoms with Crippen molar-refractivity contribution in [1.29, 1.82) is 0 Å². The van der Waals surface area contributed by atoms with Gasteiger partial charge in [-0.15, -0.1) is 22.7 Å². The van der Waals surface area contributed by atoms with Crippen LogP contribution in [0.5, 0.6) is 0 Å². The minimum Gasteiger partial charge on any atom is -0.442 e. The van der Waals surface area contributed by atoms with Crippen molar-refractivity contribution in [3.05, 3.63) is 116 Å². The van der Waals surface area contributed by atoms with Crippen molar-refractivity contribution in [3.8, 4) is 0 Å². The topological polar surface area (TPSA) is 162 Å². The Balaban J connectivity index is 0.000000209. The van der Waals surface area contributed by atoms with E-state index in [0.29, 0.717) is 37.1 Å². The Morgan fingerprint density at radius 3 is 1.56 bits per heavy atom. The molecule has 3 N–H and O–H groups in total. The number of halogens is 3. The van der Waals surface area contributed by atoms with Gasteiger partial charge in [-0.25, -0.2) is 9.59 Å². The number of amidine groups is 1. The first-order valence-corrected chi connectivity index (χ1v) is 22.2. The number of rotatable bonds is 14. The summed E-state index contributed by atoms with van der Waals surface area (Å²) < 4.78 is 11.9. The van der Waals surface area contributed by atoms with Crippen LogP contribution in [0.4, 0.5) is 32.3 Å². The van der Waals surface area contributed by atoms with Crippen molar-refractivity contribution >= 4 is 115 Å². The molecule has 0 unspecified atom stereocenters. The number of nitrogens with zero attached hydrogens (tertiary/aromatic N) is 4. The van der Waals surface area contributed by atoms with E-state index >= 15 is 0 Å². The zero-order valence-electron chi connectivity index (χ0n) is 34.3. The molecule has 3 aliphatic rings. The number of ether oxygens (including phenoxy) is 2. The highest BCUT2D eigenvalue weighted by Gasteiger charge is 2.34. The molecule has 0 bridgehead atoms. The standard InChI is InChI=1S/C21H21ClN4O3S.C18H20ClN3O3S.C4H5ClO/c1-13(2)19-23-9-10-25(19)14-3-5-15(6-4-14)26-12-16(29-21(26)28)11-24-20(27)17-7-8-18(22)30-17;1-2-9-20-12-3-5-13(6-4-12)22-11-14(25-18(22)24)10-21-17(23)15-7-8-16(19)26-15;1-3(2)4(5)6/h3-8,16H,1,9-12H2,2H3,(H,24,27);3-8,14,20H,2,9-11H2,1H3,(H,21,23);1H2,2H3/t16-;14-;/m00./s1. The molecular formula is C43H46Cl3N7O7S2. The van der Waals surface area contributed by atoms with E-state index in [4.69, 9.17) is 44.3 Å². The van der Waals surface area contributed by atoms with Crippen LogP contribution in [0.15, 0.2) is 102 Å². The van der Waals surface area contributed by atoms with E-state index in [1.54, 1.807) is 41.0 Å². The Labute approximate surface area is 383 Å². The van der Waals surface area contributed by atoms with E-state index in [9.17, 15) is 24.0 Å². The van der Waals surface area contributed by atoms with E-state index < -0.39 is 23.5 Å². The van der Waals surface area contributed by atoms with Crippen LogP contribution < -0.4 is 30.7 Å². The number of aliphatic imine (C=N–C) groups is 1. The van der Waals surface area contributed by atoms with Crippen LogP contribution in [0, 0.1) is 0 Å². The first kappa shape index (κ1) is 47.7. The van der Waals surface area contributed by atoms with Crippen LogP contribution in [0.25, 0.3) is 0 Å². The lowest BCUT2D eigenvalue weighted by Crippen LogP contribution is -2.34. The number of allylic oxidation sites excluding steroid dienone is 1. The summed E-state index contributed by atoms with van der Waals surface area (Å²) in [5, 5.41) is 8.40. The molecule has 0 saturated carbocycles. The minimum atomic E-state index is -0.463. The number of hydrogen-bond acceptors (Lipinski definition) is 12. The molecule has 2 aromatic heterocycles. The monoisotopic (exact) mass is 941 g/mol. The number of carbonyl (C=O) groups is 5. The summed E-state index contributed by atoms with van der Waals surface area (Å²) in [6.07, 6.45) is -0.591. The van der Waals surface area contributed by atoms with Crippen LogP contribution in [0.1, 0.15) is 46.5 Å². The Kier molecular flexibility index (Phi) is 17.4. The Morgan fingerprint density at radius 1 is 0.742 bits per heavy atom. The second kappa shape index (κ2) is 22.6. The predicted octanol–water partition coefficient (Wildman–Crippen LogP) is 9.26. The second-order valence-electron chi connectivity index (χ2n) is 14.0. The number of hydrogen-bond donors (Lipinski definition) is 3. The van der Waals surface area contributed by atoms with E-state index in [0.717, 1.165) is 60.2 Å². The van der Waals surface area contributed by atoms with E-state index in [1.807, 2.05) is 55.5 Å². The maximum absolute atomic E-state index is 12.3. The van der Waals surface area contributed by atoms with Crippen LogP contribution in [0.3, 0.4) is 0 Å². The smallest absolute Gasteiger partial charge is 0.414 e. The van der Waals surface area contributed by atoms with E-state index in [-0.39, 0.29) is 31.0 Å². The molecule has 19 heteroatoms. The van der Waals surface area contributed by atoms with Crippen molar-refractivity contribution in [2.24, 2.45) is 4.99 Å². The number of carbonyl (C=O) groups excluding carboxylic acids is 5. The molecule has 2 saturated heterocycles. The quantitative estimate of drug-likeness (QED) is 0.0827. The van der Waals surface area contributed by atoms with Gasteiger partial charge in [-0.1, -0.05) is 43.3 Å². The van der Waals surface area contributed by atoms with Gasteiger partial charge in [-0.05, 0) is 110 Å². The zero-order chi connectivity index (χ0) is 44.9. The molecular weight excluding hydrogens is 897 g/mol. The van der Waals surface area contributed by atoms with Gasteiger partial charge >= 0.3 is 12.2 Å². The lowest BCUT2D eigenvalue weighted by atomic mass is 10.2. The van der Waals surface area contributed by atoms with Gasteiger partial charge in [0.05, 0.1) is 51.2 Å². The third-order valence-electron chi connectivity index (χ3n) is 9.11. The van der Waals surface area contributed by atoms with Crippen molar-refractivity contribution in [2.75, 3.05) is 65.8 Å². The molecule has 0 radical (unpaired) electrons. The van der Waals surface area contributed by atoms with Gasteiger partial charge in [0.1, 0.15) is 18.0 Å². The van der Waals surface area contributed by atoms with Gasteiger partial charge in [-0.3, -0.25) is 29.2 Å². The normalized spacial score (nSPS) is 16.5. The molecule has 14 nitrogen and oxygen atoms in total. The summed E-state index contributed by atoms with van der Waals surface area (Å²) in [5.74, 6) is 0.445. The number of benzene rings is 2. The second-order valence-corrected chi connectivity index (χ2v) is 17.8. The summed E-state index contributed by atoms with van der Waals surface area (Å²) in [4.78, 5) is 69.3. The van der Waals surface area contributed by atoms with Crippen molar-refractivity contribution in [2.45, 2.75) is 39.4 Å². The van der Waals surface area contributed by atoms with Crippen LogP contribution in [-0.2, 0) is 14.3 Å². The highest BCUT2D eigenvalue weighted by molar-refractivity contribution is 7.18. The predicted molar refractivity (Wildman–Crippen MR) is 250 cm³/mol. The highest BCUT2D eigenvalue weighted by atomic mass is 35.5. The fourth-order valence-corrected chi connectivity index (χ4v) is 7.96. The van der Waals surface area contributed by atoms with Crippen LogP contribution >= 0.6 is 57.5 Å². The number of amides is 4. The van der Waals surface area contributed by atoms with E-state index in [2.05, 4.69) is 45.9 Å². The fraction of sp³-hybridized carbons (Fsp3) is 0.302. The zero-order valence-corrected chi connectivity index (χ0v) is 38.2. The maximum atomic E-state index is 12.3. The van der Waals surface area contributed by atoms with Crippen molar-refractivity contribution in [1.82, 2.24) is 10.6 Å². The summed E-state index contributed by atoms with van der Waals surface area (Å²) in [5.41, 5.74) is 4.85. The third-order valence-corrected chi connectivity index (χ3v) is 11.9. The van der Waals surface area contributed by atoms with Crippen LogP contribution in [0.2, 0.25) is 8.67 Å². The number of thiophene rings is 2. The van der Waals surface area contributed by atoms with Gasteiger partial charge in [0.2, 0.25) is 5.24 Å². The Bertz CT molecular complexity index is 2290. The van der Waals surface area contributed by atoms with E-state index in [1.165, 1.54) is 22.7 Å². The number of cyclic esters (lactones) is 2. The number of nitrogens with one attached hydrogen (secondary N) is 3. The molecule has 7 rings (SSSR count). The molecule has 62 heavy (non-hydrogen) atoms. The average molecular weight is 943 g/mol. The molecule has 4 aromatic rings. The lowest BCUT2D eigenvalue weighted by molar-refractivity contribution is -0.108. The van der Waals surface area contributed by atoms with Gasteiger partial charge in [0, 0.05) is 41.4 Å². The third kappa shape index (κ3) is 13.3. The summed E-state index contributed by atoms with van der Waals surface area (Å²) in [6.45, 7) is 16.6. The summed E-state index contributed by atoms with van der Waals surface area (Å²) in [6, 6.07) is 22.0. The number of anilines is 4. The largest absolute Gasteiger partial charge is 0.442 e. The Morgan fingerprint density at radius 2 is 1.18 bits per heavy atom. The minimum absolute atomic E-state index is 0.220. The van der Waals surface area contributed by atoms with Crippen LogP contribution in [-0.4, -0.2) is 93.1 Å². The summed E-state index contributed by atoms with van der Waals surface area (Å²) in [7, 11) is 0. The molecule has 3 aliphatic heterocycles. The van der Waals surface area contributed by atoms with Crippen molar-refractivity contribution in [3.63, 3.8) is 0 Å². The van der Waals surface area contributed by atoms with Gasteiger partial charge in [0.25, 0.3) is 11.8 Å². The molecule has 2 fully saturated rings. The Hall–Kier alpha value is -5.39. The molecule has 2 aromatic carbocycles. The average Bonchev–Trinajstić information content (AvgIpc) is 4.11. The molecule has 5 heterocycles. The fourth-order valence-electron chi connectivity index (χ4n) is 6.04. The molecule has 0 aliphatic carbocycles. The van der Waals surface area contributed by atoms with Gasteiger partial charge in [0.15, 0.2) is 0 Å². The molecule has 2 atom stereocenters. The molecule has 0 spiro atoms. The SMILES string of the molecule is C=C(C)C(=O)Cl.C=C(C)C1=NCCN1c1ccc(N2C[C@H](CNC(=O)c3ccc(Cl)s3)OC2=O)cc1.CCCNc1ccc(N2C[C@H](CNC(=O)c3ccc(Cl)s3)OC2=O)cc1. The first-order chi connectivity index (χ1) is 29.6. The first-order valence-electron chi connectivity index (χ1n) is 19.4. The van der Waals surface area contributed by atoms with Crippen molar-refractivity contribution < 1.29 is 33.4 Å². The molecule has 328 valence electrons. The van der Waals surface area contributed by atoms with Gasteiger partial charge in [-0.2, -0.15) is 0 Å². The maximum Gasteiger partial charge on any atom is 0.414 e. The van der Waals surface area contributed by atoms with Gasteiger partial charge < -0.3 is 30.3 Å².